The molecule has 1 N–H and O–H groups in total. The van der Waals surface area contributed by atoms with Gasteiger partial charge in [0.25, 0.3) is 0 Å². The molecular weight excluding hydrogens is 198 g/mol. The first-order valence-electron chi connectivity index (χ1n) is 4.77. The number of aliphatic hydroxyl groups excluding tert-OH is 1. The van der Waals surface area contributed by atoms with Crippen LogP contribution < -0.4 is 0 Å². The average molecular weight is 214 g/mol. The van der Waals surface area contributed by atoms with Crippen LogP contribution in [0.15, 0.2) is 24.3 Å². The summed E-state index contributed by atoms with van der Waals surface area (Å²) in [4.78, 5) is 2.15. The Labute approximate surface area is 90.1 Å². The summed E-state index contributed by atoms with van der Waals surface area (Å²) in [5, 5.41) is 9.49. The third-order valence-corrected chi connectivity index (χ3v) is 2.46. The summed E-state index contributed by atoms with van der Waals surface area (Å²) in [5.41, 5.74) is 1.13. The van der Waals surface area contributed by atoms with Crippen molar-refractivity contribution in [1.29, 1.82) is 0 Å². The first-order valence-corrected chi connectivity index (χ1v) is 5.14. The summed E-state index contributed by atoms with van der Waals surface area (Å²) in [5.74, 6) is 0. The summed E-state index contributed by atoms with van der Waals surface area (Å²) in [6.45, 7) is 1.97. The third kappa shape index (κ3) is 3.66. The lowest BCUT2D eigenvalue weighted by Gasteiger charge is -2.16. The molecule has 0 fully saturated rings. The lowest BCUT2D eigenvalue weighted by molar-refractivity contribution is 0.244. The molecule has 78 valence electrons. The van der Waals surface area contributed by atoms with E-state index in [1.807, 2.05) is 31.3 Å². The summed E-state index contributed by atoms with van der Waals surface area (Å²) in [6.07, 6.45) is 0.807. The minimum atomic E-state index is 0.243. The SMILES string of the molecule is CN(CCCO)Cc1ccccc1Cl. The number of hydrogen-bond acceptors (Lipinski definition) is 2. The van der Waals surface area contributed by atoms with Crippen LogP contribution in [0.4, 0.5) is 0 Å². The Kier molecular flexibility index (Phi) is 4.94. The molecule has 0 aliphatic rings. The molecule has 0 atom stereocenters. The van der Waals surface area contributed by atoms with Crippen molar-refractivity contribution in [2.24, 2.45) is 0 Å². The second kappa shape index (κ2) is 6.02. The molecule has 1 aromatic carbocycles. The Bertz CT molecular complexity index is 278. The fourth-order valence-electron chi connectivity index (χ4n) is 1.34. The van der Waals surface area contributed by atoms with Crippen LogP contribution in [0, 0.1) is 0 Å². The quantitative estimate of drug-likeness (QED) is 0.811. The zero-order valence-electron chi connectivity index (χ0n) is 8.41. The van der Waals surface area contributed by atoms with Gasteiger partial charge in [-0.05, 0) is 25.1 Å². The van der Waals surface area contributed by atoms with Crippen molar-refractivity contribution in [3.05, 3.63) is 34.9 Å². The van der Waals surface area contributed by atoms with Crippen molar-refractivity contribution < 1.29 is 5.11 Å². The van der Waals surface area contributed by atoms with Gasteiger partial charge in [0, 0.05) is 24.7 Å². The average Bonchev–Trinajstić information content (AvgIpc) is 2.18. The second-order valence-electron chi connectivity index (χ2n) is 3.41. The van der Waals surface area contributed by atoms with Crippen molar-refractivity contribution in [2.45, 2.75) is 13.0 Å². The van der Waals surface area contributed by atoms with Crippen LogP contribution in [-0.4, -0.2) is 30.2 Å². The Hall–Kier alpha value is -0.570. The fraction of sp³-hybridized carbons (Fsp3) is 0.455. The van der Waals surface area contributed by atoms with Gasteiger partial charge in [0.15, 0.2) is 0 Å². The molecule has 0 radical (unpaired) electrons. The molecule has 0 saturated heterocycles. The normalized spacial score (nSPS) is 10.9. The van der Waals surface area contributed by atoms with Crippen molar-refractivity contribution in [3.63, 3.8) is 0 Å². The summed E-state index contributed by atoms with van der Waals surface area (Å²) < 4.78 is 0. The lowest BCUT2D eigenvalue weighted by Crippen LogP contribution is -2.20. The van der Waals surface area contributed by atoms with Crippen LogP contribution in [0.2, 0.25) is 5.02 Å². The van der Waals surface area contributed by atoms with Crippen LogP contribution in [0.25, 0.3) is 0 Å². The molecule has 3 heteroatoms. The van der Waals surface area contributed by atoms with E-state index in [1.54, 1.807) is 0 Å². The van der Waals surface area contributed by atoms with Gasteiger partial charge in [-0.15, -0.1) is 0 Å². The van der Waals surface area contributed by atoms with Gasteiger partial charge in [-0.25, -0.2) is 0 Å². The maximum atomic E-state index is 8.68. The fourth-order valence-corrected chi connectivity index (χ4v) is 1.53. The van der Waals surface area contributed by atoms with E-state index in [4.69, 9.17) is 16.7 Å². The van der Waals surface area contributed by atoms with Gasteiger partial charge in [0.05, 0.1) is 0 Å². The summed E-state index contributed by atoms with van der Waals surface area (Å²) in [6, 6.07) is 7.84. The number of benzene rings is 1. The molecule has 0 aliphatic heterocycles. The number of nitrogens with zero attached hydrogens (tertiary/aromatic N) is 1. The standard InChI is InChI=1S/C11H16ClNO/c1-13(7-4-8-14)9-10-5-2-3-6-11(10)12/h2-3,5-6,14H,4,7-9H2,1H3. The second-order valence-corrected chi connectivity index (χ2v) is 3.81. The van der Waals surface area contributed by atoms with Crippen LogP contribution in [0.1, 0.15) is 12.0 Å². The number of aliphatic hydroxyl groups is 1. The van der Waals surface area contributed by atoms with E-state index in [9.17, 15) is 0 Å². The largest absolute Gasteiger partial charge is 0.396 e. The topological polar surface area (TPSA) is 23.5 Å². The van der Waals surface area contributed by atoms with E-state index < -0.39 is 0 Å². The number of halogens is 1. The van der Waals surface area contributed by atoms with Crippen LogP contribution in [-0.2, 0) is 6.54 Å². The van der Waals surface area contributed by atoms with E-state index in [2.05, 4.69) is 4.90 Å². The molecule has 0 unspecified atom stereocenters. The summed E-state index contributed by atoms with van der Waals surface area (Å²) >= 11 is 6.03. The molecule has 0 amide bonds. The van der Waals surface area contributed by atoms with Crippen molar-refractivity contribution >= 4 is 11.6 Å². The van der Waals surface area contributed by atoms with Crippen LogP contribution in [0.5, 0.6) is 0 Å². The molecule has 0 bridgehead atoms. The van der Waals surface area contributed by atoms with E-state index in [0.717, 1.165) is 30.1 Å². The minimum Gasteiger partial charge on any atom is -0.396 e. The number of hydrogen-bond donors (Lipinski definition) is 1. The van der Waals surface area contributed by atoms with Gasteiger partial charge < -0.3 is 10.0 Å². The van der Waals surface area contributed by atoms with Gasteiger partial charge in [-0.1, -0.05) is 29.8 Å². The van der Waals surface area contributed by atoms with Crippen molar-refractivity contribution in [2.75, 3.05) is 20.2 Å². The molecule has 1 rings (SSSR count). The smallest absolute Gasteiger partial charge is 0.0451 e. The Morgan fingerprint density at radius 1 is 1.36 bits per heavy atom. The molecule has 0 aromatic heterocycles. The number of rotatable bonds is 5. The molecule has 0 aliphatic carbocycles. The molecule has 14 heavy (non-hydrogen) atoms. The van der Waals surface area contributed by atoms with Crippen molar-refractivity contribution in [1.82, 2.24) is 4.90 Å². The molecule has 0 spiro atoms. The maximum absolute atomic E-state index is 8.68. The van der Waals surface area contributed by atoms with E-state index in [0.29, 0.717) is 0 Å². The maximum Gasteiger partial charge on any atom is 0.0451 e. The van der Waals surface area contributed by atoms with E-state index in [-0.39, 0.29) is 6.61 Å². The monoisotopic (exact) mass is 213 g/mol. The van der Waals surface area contributed by atoms with Crippen molar-refractivity contribution in [3.8, 4) is 0 Å². The Balaban J connectivity index is 2.47. The zero-order valence-corrected chi connectivity index (χ0v) is 9.17. The Morgan fingerprint density at radius 2 is 2.07 bits per heavy atom. The van der Waals surface area contributed by atoms with E-state index >= 15 is 0 Å². The molecule has 2 nitrogen and oxygen atoms in total. The molecule has 0 saturated carbocycles. The Morgan fingerprint density at radius 3 is 2.71 bits per heavy atom. The molecule has 1 aromatic rings. The van der Waals surface area contributed by atoms with E-state index in [1.165, 1.54) is 0 Å². The first kappa shape index (κ1) is 11.5. The highest BCUT2D eigenvalue weighted by Crippen LogP contribution is 2.16. The van der Waals surface area contributed by atoms with Crippen LogP contribution in [0.3, 0.4) is 0 Å². The predicted octanol–water partition coefficient (Wildman–Crippen LogP) is 2.15. The zero-order chi connectivity index (χ0) is 10.4. The van der Waals surface area contributed by atoms with Gasteiger partial charge >= 0.3 is 0 Å². The highest BCUT2D eigenvalue weighted by molar-refractivity contribution is 6.31. The minimum absolute atomic E-state index is 0.243. The highest BCUT2D eigenvalue weighted by Gasteiger charge is 2.02. The predicted molar refractivity (Wildman–Crippen MR) is 59.5 cm³/mol. The van der Waals surface area contributed by atoms with Gasteiger partial charge in [0.1, 0.15) is 0 Å². The van der Waals surface area contributed by atoms with Gasteiger partial charge in [-0.3, -0.25) is 0 Å². The highest BCUT2D eigenvalue weighted by atomic mass is 35.5. The molecular formula is C11H16ClNO. The lowest BCUT2D eigenvalue weighted by atomic mass is 10.2. The van der Waals surface area contributed by atoms with Gasteiger partial charge in [-0.2, -0.15) is 0 Å². The first-order chi connectivity index (χ1) is 6.74. The van der Waals surface area contributed by atoms with Crippen LogP contribution >= 0.6 is 11.6 Å². The molecule has 0 heterocycles. The third-order valence-electron chi connectivity index (χ3n) is 2.10. The van der Waals surface area contributed by atoms with Gasteiger partial charge in [0.2, 0.25) is 0 Å². The summed E-state index contributed by atoms with van der Waals surface area (Å²) in [7, 11) is 2.03.